The van der Waals surface area contributed by atoms with Crippen molar-refractivity contribution in [3.8, 4) is 5.75 Å². The lowest BCUT2D eigenvalue weighted by atomic mass is 10.1. The summed E-state index contributed by atoms with van der Waals surface area (Å²) in [7, 11) is 1.63. The Morgan fingerprint density at radius 3 is 2.74 bits per heavy atom. The first kappa shape index (κ1) is 17.1. The van der Waals surface area contributed by atoms with Crippen LogP contribution in [0.2, 0.25) is 0 Å². The Morgan fingerprint density at radius 2 is 2.13 bits per heavy atom. The van der Waals surface area contributed by atoms with E-state index in [-0.39, 0.29) is 5.97 Å². The lowest BCUT2D eigenvalue weighted by Gasteiger charge is -2.09. The third-order valence-electron chi connectivity index (χ3n) is 3.15. The lowest BCUT2D eigenvalue weighted by molar-refractivity contribution is -0.136. The molecule has 0 amide bonds. The fourth-order valence-corrected chi connectivity index (χ4v) is 2.63. The van der Waals surface area contributed by atoms with Crippen molar-refractivity contribution < 1.29 is 14.3 Å². The number of methoxy groups -OCH3 is 1. The molecule has 23 heavy (non-hydrogen) atoms. The van der Waals surface area contributed by atoms with E-state index in [0.717, 1.165) is 16.2 Å². The number of carbonyl (C=O) groups is 1. The minimum atomic E-state index is -0.390. The maximum absolute atomic E-state index is 12.3. The number of esters is 1. The number of pyridine rings is 1. The summed E-state index contributed by atoms with van der Waals surface area (Å²) in [6.45, 7) is 2.10. The predicted molar refractivity (Wildman–Crippen MR) is 93.5 cm³/mol. The van der Waals surface area contributed by atoms with Gasteiger partial charge in [0.25, 0.3) is 0 Å². The second kappa shape index (κ2) is 8.39. The first-order valence-corrected chi connectivity index (χ1v) is 8.44. The molecular formula is C18H19NO3S. The van der Waals surface area contributed by atoms with Crippen molar-refractivity contribution >= 4 is 29.4 Å². The average Bonchev–Trinajstić information content (AvgIpc) is 2.60. The average molecular weight is 329 g/mol. The van der Waals surface area contributed by atoms with E-state index < -0.39 is 0 Å². The largest absolute Gasteiger partial charge is 0.496 e. The van der Waals surface area contributed by atoms with Crippen LogP contribution in [0.15, 0.2) is 47.5 Å². The highest BCUT2D eigenvalue weighted by Gasteiger charge is 2.15. The highest BCUT2D eigenvalue weighted by molar-refractivity contribution is 7.98. The molecule has 120 valence electrons. The van der Waals surface area contributed by atoms with Crippen molar-refractivity contribution in [2.45, 2.75) is 11.8 Å². The molecule has 0 saturated heterocycles. The Balaban J connectivity index is 2.46. The second-order valence-corrected chi connectivity index (χ2v) is 5.46. The molecule has 5 heteroatoms. The molecule has 0 aliphatic heterocycles. The molecular weight excluding hydrogens is 310 g/mol. The Kier molecular flexibility index (Phi) is 6.23. The molecule has 0 radical (unpaired) electrons. The van der Waals surface area contributed by atoms with Crippen LogP contribution in [0.4, 0.5) is 0 Å². The molecule has 0 aliphatic carbocycles. The van der Waals surface area contributed by atoms with Crippen LogP contribution in [0.1, 0.15) is 18.2 Å². The Hall–Kier alpha value is -2.27. The Labute approximate surface area is 140 Å². The minimum Gasteiger partial charge on any atom is -0.496 e. The predicted octanol–water partition coefficient (Wildman–Crippen LogP) is 3.92. The van der Waals surface area contributed by atoms with E-state index in [2.05, 4.69) is 4.98 Å². The molecule has 0 saturated carbocycles. The number of rotatable bonds is 6. The molecule has 0 unspecified atom stereocenters. The van der Waals surface area contributed by atoms with E-state index in [1.165, 1.54) is 0 Å². The molecule has 4 nitrogen and oxygen atoms in total. The van der Waals surface area contributed by atoms with Gasteiger partial charge in [0.1, 0.15) is 5.75 Å². The van der Waals surface area contributed by atoms with Gasteiger partial charge in [0.05, 0.1) is 25.0 Å². The van der Waals surface area contributed by atoms with Crippen molar-refractivity contribution in [1.82, 2.24) is 4.98 Å². The summed E-state index contributed by atoms with van der Waals surface area (Å²) in [5.74, 6) is 0.384. The minimum absolute atomic E-state index is 0.317. The van der Waals surface area contributed by atoms with Crippen molar-refractivity contribution in [3.05, 3.63) is 53.9 Å². The summed E-state index contributed by atoms with van der Waals surface area (Å²) in [4.78, 5) is 17.6. The van der Waals surface area contributed by atoms with Crippen LogP contribution >= 0.6 is 11.8 Å². The monoisotopic (exact) mass is 329 g/mol. The van der Waals surface area contributed by atoms with E-state index in [0.29, 0.717) is 17.9 Å². The van der Waals surface area contributed by atoms with Crippen molar-refractivity contribution in [2.75, 3.05) is 20.0 Å². The van der Waals surface area contributed by atoms with E-state index >= 15 is 0 Å². The van der Waals surface area contributed by atoms with Crippen molar-refractivity contribution in [1.29, 1.82) is 0 Å². The SMILES string of the molecule is CCOC(=O)/C(=C/c1ccc(SC)c(OC)c1)c1ccccn1. The fourth-order valence-electron chi connectivity index (χ4n) is 2.08. The van der Waals surface area contributed by atoms with Gasteiger partial charge in [-0.15, -0.1) is 11.8 Å². The topological polar surface area (TPSA) is 48.4 Å². The molecule has 1 heterocycles. The lowest BCUT2D eigenvalue weighted by Crippen LogP contribution is -2.08. The van der Waals surface area contributed by atoms with Crippen LogP contribution in [0.3, 0.4) is 0 Å². The molecule has 0 N–H and O–H groups in total. The number of benzene rings is 1. The third-order valence-corrected chi connectivity index (χ3v) is 3.93. The number of carbonyl (C=O) groups excluding carboxylic acids is 1. The van der Waals surface area contributed by atoms with Crippen molar-refractivity contribution in [2.24, 2.45) is 0 Å². The molecule has 0 atom stereocenters. The molecule has 0 aliphatic rings. The highest BCUT2D eigenvalue weighted by Crippen LogP contribution is 2.30. The van der Waals surface area contributed by atoms with E-state index in [1.807, 2.05) is 36.6 Å². The zero-order valence-electron chi connectivity index (χ0n) is 13.4. The van der Waals surface area contributed by atoms with Crippen LogP contribution in [0.5, 0.6) is 5.75 Å². The quantitative estimate of drug-likeness (QED) is 0.457. The molecule has 1 aromatic heterocycles. The van der Waals surface area contributed by atoms with Gasteiger partial charge in [0, 0.05) is 11.1 Å². The maximum atomic E-state index is 12.3. The third kappa shape index (κ3) is 4.36. The van der Waals surface area contributed by atoms with Crippen molar-refractivity contribution in [3.63, 3.8) is 0 Å². The van der Waals surface area contributed by atoms with Gasteiger partial charge in [-0.2, -0.15) is 0 Å². The summed E-state index contributed by atoms with van der Waals surface area (Å²) < 4.78 is 10.5. The first-order valence-electron chi connectivity index (χ1n) is 7.21. The second-order valence-electron chi connectivity index (χ2n) is 4.61. The number of hydrogen-bond donors (Lipinski definition) is 0. The van der Waals surface area contributed by atoms with E-state index in [9.17, 15) is 4.79 Å². The molecule has 0 spiro atoms. The molecule has 2 rings (SSSR count). The molecule has 1 aromatic carbocycles. The number of ether oxygens (including phenoxy) is 2. The van der Waals surface area contributed by atoms with Gasteiger partial charge >= 0.3 is 5.97 Å². The van der Waals surface area contributed by atoms with Gasteiger partial charge in [-0.25, -0.2) is 4.79 Å². The summed E-state index contributed by atoms with van der Waals surface area (Å²) in [5, 5.41) is 0. The first-order chi connectivity index (χ1) is 11.2. The Bertz CT molecular complexity index is 699. The smallest absolute Gasteiger partial charge is 0.340 e. The van der Waals surface area contributed by atoms with Crippen LogP contribution < -0.4 is 4.74 Å². The summed E-state index contributed by atoms with van der Waals surface area (Å²) in [6.07, 6.45) is 5.41. The van der Waals surface area contributed by atoms with Gasteiger partial charge in [-0.3, -0.25) is 4.98 Å². The number of thioether (sulfide) groups is 1. The fraction of sp³-hybridized carbons (Fsp3) is 0.222. The van der Waals surface area contributed by atoms with E-state index in [1.54, 1.807) is 44.1 Å². The zero-order chi connectivity index (χ0) is 16.7. The van der Waals surface area contributed by atoms with Crippen LogP contribution in [0.25, 0.3) is 11.6 Å². The summed E-state index contributed by atoms with van der Waals surface area (Å²) in [5.41, 5.74) is 1.86. The molecule has 2 aromatic rings. The zero-order valence-corrected chi connectivity index (χ0v) is 14.2. The molecule has 0 fully saturated rings. The molecule has 0 bridgehead atoms. The number of hydrogen-bond acceptors (Lipinski definition) is 5. The van der Waals surface area contributed by atoms with Gasteiger partial charge in [0.15, 0.2) is 0 Å². The highest BCUT2D eigenvalue weighted by atomic mass is 32.2. The maximum Gasteiger partial charge on any atom is 0.340 e. The number of aromatic nitrogens is 1. The summed E-state index contributed by atoms with van der Waals surface area (Å²) >= 11 is 1.61. The van der Waals surface area contributed by atoms with Crippen LogP contribution in [0, 0.1) is 0 Å². The van der Waals surface area contributed by atoms with Crippen LogP contribution in [-0.2, 0) is 9.53 Å². The normalized spacial score (nSPS) is 11.2. The standard InChI is InChI=1S/C18H19NO3S/c1-4-22-18(20)14(15-7-5-6-10-19-15)11-13-8-9-17(23-3)16(12-13)21-2/h5-12H,4H2,1-3H3/b14-11+. The van der Waals surface area contributed by atoms with E-state index in [4.69, 9.17) is 9.47 Å². The number of nitrogens with zero attached hydrogens (tertiary/aromatic N) is 1. The van der Waals surface area contributed by atoms with Crippen LogP contribution in [-0.4, -0.2) is 30.9 Å². The van der Waals surface area contributed by atoms with Gasteiger partial charge in [-0.05, 0) is 49.1 Å². The van der Waals surface area contributed by atoms with Gasteiger partial charge in [0.2, 0.25) is 0 Å². The van der Waals surface area contributed by atoms with Gasteiger partial charge in [-0.1, -0.05) is 12.1 Å². The Morgan fingerprint density at radius 1 is 1.30 bits per heavy atom. The summed E-state index contributed by atoms with van der Waals surface area (Å²) in [6, 6.07) is 11.2. The van der Waals surface area contributed by atoms with Gasteiger partial charge < -0.3 is 9.47 Å².